The molecule has 0 atom stereocenters. The molecule has 0 fully saturated rings. The van der Waals surface area contributed by atoms with Crippen LogP contribution in [0.2, 0.25) is 0 Å². The fourth-order valence-corrected chi connectivity index (χ4v) is 1.67. The highest BCUT2D eigenvalue weighted by molar-refractivity contribution is 8.13. The lowest BCUT2D eigenvalue weighted by Crippen LogP contribution is -1.98. The van der Waals surface area contributed by atoms with E-state index in [0.29, 0.717) is 5.92 Å². The van der Waals surface area contributed by atoms with Gasteiger partial charge >= 0.3 is 0 Å². The summed E-state index contributed by atoms with van der Waals surface area (Å²) in [5.74, 6) is 0.577. The van der Waals surface area contributed by atoms with Crippen molar-refractivity contribution in [3.05, 3.63) is 12.5 Å². The van der Waals surface area contributed by atoms with Crippen LogP contribution in [0.3, 0.4) is 0 Å². The zero-order valence-electron chi connectivity index (χ0n) is 8.14. The summed E-state index contributed by atoms with van der Waals surface area (Å²) in [5, 5.41) is -0.0806. The number of aryl methyl sites for hydroxylation is 1. The van der Waals surface area contributed by atoms with E-state index in [9.17, 15) is 8.42 Å². The molecule has 0 aliphatic heterocycles. The van der Waals surface area contributed by atoms with Crippen LogP contribution in [0, 0.1) is 5.92 Å². The van der Waals surface area contributed by atoms with Gasteiger partial charge in [0.2, 0.25) is 0 Å². The molecule has 0 bridgehead atoms. The summed E-state index contributed by atoms with van der Waals surface area (Å²) >= 11 is 0. The quantitative estimate of drug-likeness (QED) is 0.750. The topological polar surface area (TPSA) is 52.0 Å². The molecule has 0 unspecified atom stereocenters. The van der Waals surface area contributed by atoms with Gasteiger partial charge < -0.3 is 4.57 Å². The average molecular weight is 237 g/mol. The van der Waals surface area contributed by atoms with Crippen LogP contribution < -0.4 is 0 Å². The van der Waals surface area contributed by atoms with Crippen LogP contribution in [0.1, 0.15) is 20.3 Å². The first kappa shape index (κ1) is 11.5. The third-order valence-electron chi connectivity index (χ3n) is 1.82. The fourth-order valence-electron chi connectivity index (χ4n) is 0.995. The van der Waals surface area contributed by atoms with Crippen molar-refractivity contribution in [2.24, 2.45) is 5.92 Å². The van der Waals surface area contributed by atoms with Gasteiger partial charge in [0, 0.05) is 23.4 Å². The minimum Gasteiger partial charge on any atom is -0.336 e. The van der Waals surface area contributed by atoms with Gasteiger partial charge in [-0.05, 0) is 12.3 Å². The summed E-state index contributed by atoms with van der Waals surface area (Å²) in [4.78, 5) is 3.71. The molecule has 1 heterocycles. The molecule has 0 amide bonds. The monoisotopic (exact) mass is 236 g/mol. The number of nitrogens with zero attached hydrogens (tertiary/aromatic N) is 2. The van der Waals surface area contributed by atoms with Gasteiger partial charge in [0.05, 0.1) is 6.33 Å². The van der Waals surface area contributed by atoms with Crippen LogP contribution >= 0.6 is 10.7 Å². The summed E-state index contributed by atoms with van der Waals surface area (Å²) in [7, 11) is 1.45. The maximum absolute atomic E-state index is 10.9. The zero-order chi connectivity index (χ0) is 10.8. The molecule has 80 valence electrons. The minimum atomic E-state index is -3.68. The van der Waals surface area contributed by atoms with Gasteiger partial charge in [0.25, 0.3) is 9.05 Å². The van der Waals surface area contributed by atoms with Crippen molar-refractivity contribution in [1.29, 1.82) is 0 Å². The molecular formula is C8H13ClN2O2S. The Hall–Kier alpha value is -0.550. The first-order chi connectivity index (χ1) is 6.39. The molecule has 6 heteroatoms. The Morgan fingerprint density at radius 2 is 2.21 bits per heavy atom. The number of rotatable bonds is 4. The normalized spacial score (nSPS) is 12.3. The molecule has 4 nitrogen and oxygen atoms in total. The van der Waals surface area contributed by atoms with Gasteiger partial charge in [-0.15, -0.1) is 0 Å². The molecule has 0 saturated carbocycles. The van der Waals surface area contributed by atoms with Crippen LogP contribution in [0.4, 0.5) is 0 Å². The number of aromatic nitrogens is 2. The summed E-state index contributed by atoms with van der Waals surface area (Å²) in [6.07, 6.45) is 3.92. The summed E-state index contributed by atoms with van der Waals surface area (Å²) in [5.41, 5.74) is 0. The van der Waals surface area contributed by atoms with Crippen molar-refractivity contribution in [2.45, 2.75) is 31.8 Å². The Morgan fingerprint density at radius 1 is 1.57 bits per heavy atom. The highest BCUT2D eigenvalue weighted by Gasteiger charge is 2.13. The van der Waals surface area contributed by atoms with Crippen LogP contribution in [-0.2, 0) is 15.6 Å². The molecule has 1 rings (SSSR count). The molecule has 0 aliphatic rings. The zero-order valence-corrected chi connectivity index (χ0v) is 9.72. The number of hydrogen-bond donors (Lipinski definition) is 0. The first-order valence-electron chi connectivity index (χ1n) is 4.36. The number of hydrogen-bond acceptors (Lipinski definition) is 3. The second-order valence-electron chi connectivity index (χ2n) is 3.57. The largest absolute Gasteiger partial charge is 0.336 e. The molecule has 1 aromatic rings. The standard InChI is InChI=1S/C8H13ClN2O2S/c1-7(2)3-4-11-5-8(10-6-11)14(9,12)13/h5-7H,3-4H2,1-2H3. The lowest BCUT2D eigenvalue weighted by molar-refractivity contribution is 0.515. The lowest BCUT2D eigenvalue weighted by atomic mass is 10.1. The Bertz CT molecular complexity index is 397. The molecule has 0 saturated heterocycles. The van der Waals surface area contributed by atoms with Crippen LogP contribution in [-0.4, -0.2) is 18.0 Å². The van der Waals surface area contributed by atoms with Crippen LogP contribution in [0.25, 0.3) is 0 Å². The predicted molar refractivity (Wildman–Crippen MR) is 54.7 cm³/mol. The van der Waals surface area contributed by atoms with E-state index in [1.54, 1.807) is 4.57 Å². The van der Waals surface area contributed by atoms with Crippen molar-refractivity contribution < 1.29 is 8.42 Å². The Balaban J connectivity index is 2.70. The maximum atomic E-state index is 10.9. The fraction of sp³-hybridized carbons (Fsp3) is 0.625. The molecule has 0 aromatic carbocycles. The minimum absolute atomic E-state index is 0.0806. The Morgan fingerprint density at radius 3 is 2.64 bits per heavy atom. The van der Waals surface area contributed by atoms with E-state index < -0.39 is 9.05 Å². The van der Waals surface area contributed by atoms with E-state index in [2.05, 4.69) is 18.8 Å². The van der Waals surface area contributed by atoms with Crippen LogP contribution in [0.15, 0.2) is 17.6 Å². The molecule has 14 heavy (non-hydrogen) atoms. The third kappa shape index (κ3) is 3.31. The molecule has 1 aromatic heterocycles. The van der Waals surface area contributed by atoms with Gasteiger partial charge in [-0.25, -0.2) is 13.4 Å². The van der Waals surface area contributed by atoms with Crippen molar-refractivity contribution >= 4 is 19.7 Å². The van der Waals surface area contributed by atoms with Gasteiger partial charge in [-0.3, -0.25) is 0 Å². The lowest BCUT2D eigenvalue weighted by Gasteiger charge is -2.03. The highest BCUT2D eigenvalue weighted by Crippen LogP contribution is 2.12. The number of halogens is 1. The maximum Gasteiger partial charge on any atom is 0.280 e. The first-order valence-corrected chi connectivity index (χ1v) is 6.67. The molecular weight excluding hydrogens is 224 g/mol. The average Bonchev–Trinajstić information content (AvgIpc) is 2.47. The van der Waals surface area contributed by atoms with Gasteiger partial charge in [-0.1, -0.05) is 13.8 Å². The van der Waals surface area contributed by atoms with Crippen LogP contribution in [0.5, 0.6) is 0 Å². The number of imidazole rings is 1. The third-order valence-corrected chi connectivity index (χ3v) is 3.01. The molecule has 0 aliphatic carbocycles. The summed E-state index contributed by atoms with van der Waals surface area (Å²) < 4.78 is 23.5. The van der Waals surface area contributed by atoms with E-state index in [4.69, 9.17) is 10.7 Å². The van der Waals surface area contributed by atoms with Gasteiger partial charge in [-0.2, -0.15) is 0 Å². The van der Waals surface area contributed by atoms with Crippen molar-refractivity contribution in [3.8, 4) is 0 Å². The summed E-state index contributed by atoms with van der Waals surface area (Å²) in [6.45, 7) is 4.98. The van der Waals surface area contributed by atoms with Crippen molar-refractivity contribution in [2.75, 3.05) is 0 Å². The SMILES string of the molecule is CC(C)CCn1cnc(S(=O)(=O)Cl)c1. The van der Waals surface area contributed by atoms with E-state index in [1.165, 1.54) is 12.5 Å². The van der Waals surface area contributed by atoms with E-state index in [1.807, 2.05) is 0 Å². The van der Waals surface area contributed by atoms with Crippen molar-refractivity contribution in [1.82, 2.24) is 9.55 Å². The van der Waals surface area contributed by atoms with Crippen molar-refractivity contribution in [3.63, 3.8) is 0 Å². The second-order valence-corrected chi connectivity index (χ2v) is 6.08. The van der Waals surface area contributed by atoms with E-state index in [0.717, 1.165) is 13.0 Å². The molecule has 0 N–H and O–H groups in total. The van der Waals surface area contributed by atoms with E-state index >= 15 is 0 Å². The molecule has 0 spiro atoms. The molecule has 0 radical (unpaired) electrons. The second kappa shape index (κ2) is 4.31. The van der Waals surface area contributed by atoms with Gasteiger partial charge in [0.1, 0.15) is 0 Å². The highest BCUT2D eigenvalue weighted by atomic mass is 35.7. The summed E-state index contributed by atoms with van der Waals surface area (Å²) in [6, 6.07) is 0. The Labute approximate surface area is 88.3 Å². The Kier molecular flexibility index (Phi) is 3.55. The van der Waals surface area contributed by atoms with Gasteiger partial charge in [0.15, 0.2) is 5.03 Å². The smallest absolute Gasteiger partial charge is 0.280 e. The van der Waals surface area contributed by atoms with E-state index in [-0.39, 0.29) is 5.03 Å². The predicted octanol–water partition coefficient (Wildman–Crippen LogP) is 1.86.